The van der Waals surface area contributed by atoms with Gasteiger partial charge in [-0.2, -0.15) is 0 Å². The summed E-state index contributed by atoms with van der Waals surface area (Å²) in [6, 6.07) is 49.4. The SMILES string of the molecule is CCN1C(=O)C(C(C)n2c(-c3ccccc3)cc(-c3ccccc3)cc2=O)C(C(=O)c2ccc(C)cc2)(c2ccccc2)C=C1c1ccccc1. The second-order valence-electron chi connectivity index (χ2n) is 13.2. The number of amides is 1. The maximum atomic E-state index is 15.5. The van der Waals surface area contributed by atoms with Crippen LogP contribution in [0.15, 0.2) is 169 Å². The van der Waals surface area contributed by atoms with Crippen molar-refractivity contribution in [3.05, 3.63) is 196 Å². The van der Waals surface area contributed by atoms with E-state index in [1.54, 1.807) is 15.5 Å². The topological polar surface area (TPSA) is 59.4 Å². The Labute approximate surface area is 299 Å². The number of benzene rings is 5. The van der Waals surface area contributed by atoms with Crippen LogP contribution in [-0.4, -0.2) is 27.7 Å². The molecule has 0 spiro atoms. The zero-order chi connectivity index (χ0) is 35.5. The second kappa shape index (κ2) is 14.0. The summed E-state index contributed by atoms with van der Waals surface area (Å²) in [6.07, 6.45) is 2.00. The number of aryl methyl sites for hydroxylation is 1. The zero-order valence-electron chi connectivity index (χ0n) is 29.1. The molecule has 252 valence electrons. The molecule has 0 aliphatic carbocycles. The van der Waals surface area contributed by atoms with Crippen LogP contribution in [0.5, 0.6) is 0 Å². The highest BCUT2D eigenvalue weighted by molar-refractivity contribution is 6.12. The molecule has 0 saturated carbocycles. The van der Waals surface area contributed by atoms with Gasteiger partial charge in [-0.1, -0.05) is 151 Å². The highest BCUT2D eigenvalue weighted by Crippen LogP contribution is 2.50. The smallest absolute Gasteiger partial charge is 0.251 e. The van der Waals surface area contributed by atoms with Crippen LogP contribution < -0.4 is 5.56 Å². The van der Waals surface area contributed by atoms with Gasteiger partial charge in [0.25, 0.3) is 5.56 Å². The van der Waals surface area contributed by atoms with E-state index in [1.165, 1.54) is 0 Å². The second-order valence-corrected chi connectivity index (χ2v) is 13.2. The molecular weight excluding hydrogens is 629 g/mol. The normalized spacial score (nSPS) is 17.9. The number of ketones is 1. The van der Waals surface area contributed by atoms with E-state index in [2.05, 4.69) is 0 Å². The minimum absolute atomic E-state index is 0.196. The van der Waals surface area contributed by atoms with Gasteiger partial charge >= 0.3 is 0 Å². The first kappa shape index (κ1) is 33.4. The van der Waals surface area contributed by atoms with E-state index >= 15 is 9.59 Å². The van der Waals surface area contributed by atoms with Gasteiger partial charge in [0.2, 0.25) is 5.91 Å². The summed E-state index contributed by atoms with van der Waals surface area (Å²) in [7, 11) is 0. The third-order valence-electron chi connectivity index (χ3n) is 10.1. The van der Waals surface area contributed by atoms with Gasteiger partial charge in [0.1, 0.15) is 0 Å². The molecule has 1 aromatic heterocycles. The van der Waals surface area contributed by atoms with Crippen LogP contribution in [0.3, 0.4) is 0 Å². The van der Waals surface area contributed by atoms with E-state index in [-0.39, 0.29) is 17.2 Å². The van der Waals surface area contributed by atoms with Gasteiger partial charge in [0, 0.05) is 29.9 Å². The van der Waals surface area contributed by atoms with Crippen LogP contribution in [0.2, 0.25) is 0 Å². The molecule has 7 rings (SSSR count). The highest BCUT2D eigenvalue weighted by atomic mass is 16.2. The first-order valence-corrected chi connectivity index (χ1v) is 17.5. The minimum Gasteiger partial charge on any atom is -0.312 e. The van der Waals surface area contributed by atoms with E-state index in [4.69, 9.17) is 0 Å². The average Bonchev–Trinajstić information content (AvgIpc) is 3.18. The molecule has 2 heterocycles. The van der Waals surface area contributed by atoms with E-state index in [9.17, 15) is 4.79 Å². The van der Waals surface area contributed by atoms with Crippen LogP contribution >= 0.6 is 0 Å². The average molecular weight is 669 g/mol. The quantitative estimate of drug-likeness (QED) is 0.144. The monoisotopic (exact) mass is 668 g/mol. The number of carbonyl (C=O) groups is 2. The van der Waals surface area contributed by atoms with E-state index < -0.39 is 17.4 Å². The summed E-state index contributed by atoms with van der Waals surface area (Å²) in [4.78, 5) is 47.2. The maximum Gasteiger partial charge on any atom is 0.251 e. The van der Waals surface area contributed by atoms with Crippen molar-refractivity contribution in [3.63, 3.8) is 0 Å². The van der Waals surface area contributed by atoms with Gasteiger partial charge in [-0.3, -0.25) is 14.4 Å². The van der Waals surface area contributed by atoms with Crippen LogP contribution in [0.1, 0.15) is 46.9 Å². The molecule has 0 N–H and O–H groups in total. The van der Waals surface area contributed by atoms with Gasteiger partial charge in [-0.05, 0) is 60.7 Å². The molecular formula is C46H40N2O3. The standard InChI is InChI=1S/C46H40N2O3/c1-4-47-41(36-21-13-7-14-22-36)31-46(39-23-15-8-16-24-39,44(50)37-27-25-32(2)26-28-37)43(45(47)51)33(3)48-40(35-19-11-6-12-20-35)29-38(30-42(48)49)34-17-9-5-10-18-34/h5-31,33,43H,4H2,1-3H3. The molecule has 0 bridgehead atoms. The fraction of sp³-hybridized carbons (Fsp3) is 0.152. The molecule has 3 unspecified atom stereocenters. The fourth-order valence-electron chi connectivity index (χ4n) is 7.66. The highest BCUT2D eigenvalue weighted by Gasteiger charge is 2.56. The van der Waals surface area contributed by atoms with Gasteiger partial charge in [-0.25, -0.2) is 0 Å². The largest absolute Gasteiger partial charge is 0.312 e. The van der Waals surface area contributed by atoms with Gasteiger partial charge in [0.15, 0.2) is 5.78 Å². The Balaban J connectivity index is 1.55. The summed E-state index contributed by atoms with van der Waals surface area (Å²) in [5.74, 6) is -1.39. The Morgan fingerprint density at radius 2 is 1.20 bits per heavy atom. The minimum atomic E-state index is -1.46. The van der Waals surface area contributed by atoms with E-state index in [0.29, 0.717) is 29.1 Å². The van der Waals surface area contributed by atoms with Crippen molar-refractivity contribution in [1.29, 1.82) is 0 Å². The lowest BCUT2D eigenvalue weighted by atomic mass is 9.60. The number of aromatic nitrogens is 1. The molecule has 0 radical (unpaired) electrons. The van der Waals surface area contributed by atoms with Gasteiger partial charge in [0.05, 0.1) is 17.0 Å². The Morgan fingerprint density at radius 3 is 1.76 bits per heavy atom. The predicted octanol–water partition coefficient (Wildman–Crippen LogP) is 9.39. The summed E-state index contributed by atoms with van der Waals surface area (Å²) >= 11 is 0. The molecule has 0 saturated heterocycles. The van der Waals surface area contributed by atoms with E-state index in [0.717, 1.165) is 27.8 Å². The Kier molecular flexibility index (Phi) is 9.20. The van der Waals surface area contributed by atoms with Crippen molar-refractivity contribution >= 4 is 17.4 Å². The van der Waals surface area contributed by atoms with Crippen molar-refractivity contribution in [3.8, 4) is 22.4 Å². The molecule has 5 nitrogen and oxygen atoms in total. The fourth-order valence-corrected chi connectivity index (χ4v) is 7.66. The number of hydrogen-bond donors (Lipinski definition) is 0. The molecule has 1 aliphatic heterocycles. The van der Waals surface area contributed by atoms with Gasteiger partial charge < -0.3 is 9.47 Å². The zero-order valence-corrected chi connectivity index (χ0v) is 29.1. The summed E-state index contributed by atoms with van der Waals surface area (Å²) < 4.78 is 1.72. The molecule has 1 amide bonds. The molecule has 51 heavy (non-hydrogen) atoms. The Bertz CT molecular complexity index is 2260. The number of carbonyl (C=O) groups excluding carboxylic acids is 2. The van der Waals surface area contributed by atoms with Crippen molar-refractivity contribution in [2.45, 2.75) is 32.2 Å². The first-order valence-electron chi connectivity index (χ1n) is 17.5. The van der Waals surface area contributed by atoms with Crippen LogP contribution in [0.4, 0.5) is 0 Å². The lowest BCUT2D eigenvalue weighted by Crippen LogP contribution is -2.56. The number of rotatable bonds is 9. The number of Topliss-reactive ketones (excluding diaryl/α,β-unsaturated/α-hetero) is 1. The third-order valence-corrected chi connectivity index (χ3v) is 10.1. The van der Waals surface area contributed by atoms with E-state index in [1.807, 2.05) is 179 Å². The molecule has 5 aromatic carbocycles. The number of hydrogen-bond acceptors (Lipinski definition) is 3. The molecule has 0 fully saturated rings. The first-order chi connectivity index (χ1) is 24.8. The van der Waals surface area contributed by atoms with Crippen LogP contribution in [-0.2, 0) is 10.2 Å². The molecule has 6 aromatic rings. The lowest BCUT2D eigenvalue weighted by Gasteiger charge is -2.47. The molecule has 5 heteroatoms. The van der Waals surface area contributed by atoms with Crippen LogP contribution in [0, 0.1) is 12.8 Å². The van der Waals surface area contributed by atoms with Crippen LogP contribution in [0.25, 0.3) is 28.1 Å². The number of nitrogens with zero attached hydrogens (tertiary/aromatic N) is 2. The van der Waals surface area contributed by atoms with Gasteiger partial charge in [-0.15, -0.1) is 0 Å². The number of allylic oxidation sites excluding steroid dienone is 1. The molecule has 1 aliphatic rings. The summed E-state index contributed by atoms with van der Waals surface area (Å²) in [5, 5.41) is 0. The van der Waals surface area contributed by atoms with Crippen molar-refractivity contribution < 1.29 is 9.59 Å². The third kappa shape index (κ3) is 6.06. The predicted molar refractivity (Wildman–Crippen MR) is 205 cm³/mol. The Hall–Kier alpha value is -6.07. The van der Waals surface area contributed by atoms with Crippen molar-refractivity contribution in [2.24, 2.45) is 5.92 Å². The maximum absolute atomic E-state index is 15.5. The summed E-state index contributed by atoms with van der Waals surface area (Å²) in [5.41, 5.74) is 5.23. The van der Waals surface area contributed by atoms with Crippen molar-refractivity contribution in [1.82, 2.24) is 9.47 Å². The lowest BCUT2D eigenvalue weighted by molar-refractivity contribution is -0.136. The summed E-state index contributed by atoms with van der Waals surface area (Å²) in [6.45, 7) is 6.23. The van der Waals surface area contributed by atoms with Crippen molar-refractivity contribution in [2.75, 3.05) is 6.54 Å². The Morgan fingerprint density at radius 1 is 0.667 bits per heavy atom. The number of pyridine rings is 1. The molecule has 3 atom stereocenters.